The van der Waals surface area contributed by atoms with Gasteiger partial charge in [-0.2, -0.15) is 8.42 Å². The molecule has 3 atom stereocenters. The van der Waals surface area contributed by atoms with Crippen LogP contribution in [0.25, 0.3) is 0 Å². The Hall–Kier alpha value is -0.0331. The molecular formula is C15H32O7SSi. The average molecular weight is 385 g/mol. The van der Waals surface area contributed by atoms with Crippen LogP contribution in [0.2, 0.25) is 18.1 Å². The van der Waals surface area contributed by atoms with Gasteiger partial charge < -0.3 is 19.0 Å². The maximum atomic E-state index is 11.2. The number of aliphatic hydroxyl groups excluding tert-OH is 1. The summed E-state index contributed by atoms with van der Waals surface area (Å²) in [4.78, 5) is 0. The lowest BCUT2D eigenvalue weighted by Gasteiger charge is -2.37. The van der Waals surface area contributed by atoms with Crippen molar-refractivity contribution >= 4 is 18.4 Å². The van der Waals surface area contributed by atoms with Gasteiger partial charge in [0.15, 0.2) is 14.1 Å². The van der Waals surface area contributed by atoms with Crippen molar-refractivity contribution in [3.8, 4) is 0 Å². The summed E-state index contributed by atoms with van der Waals surface area (Å²) in [5, 5.41) is 10.5. The zero-order valence-electron chi connectivity index (χ0n) is 16.0. The van der Waals surface area contributed by atoms with Gasteiger partial charge in [0.1, 0.15) is 18.3 Å². The molecule has 0 aromatic heterocycles. The highest BCUT2D eigenvalue weighted by Gasteiger charge is 2.46. The van der Waals surface area contributed by atoms with Crippen molar-refractivity contribution in [3.63, 3.8) is 0 Å². The van der Waals surface area contributed by atoms with Gasteiger partial charge in [-0.05, 0) is 32.0 Å². The zero-order chi connectivity index (χ0) is 19.0. The molecule has 1 fully saturated rings. The van der Waals surface area contributed by atoms with Gasteiger partial charge in [0.25, 0.3) is 10.1 Å². The third kappa shape index (κ3) is 6.36. The second-order valence-electron chi connectivity index (χ2n) is 8.27. The van der Waals surface area contributed by atoms with Crippen molar-refractivity contribution in [1.82, 2.24) is 0 Å². The standard InChI is InChI=1S/C15H32O7SSi/c1-14(2,3)24(7,8)20-9-11(16)13-12(10-19-23(6,17)18)21-15(4,5)22-13/h11-13,16H,9-10H2,1-8H3/t11-,12-,13+/m0/s1. The summed E-state index contributed by atoms with van der Waals surface area (Å²) in [6.45, 7) is 13.9. The zero-order valence-corrected chi connectivity index (χ0v) is 17.8. The number of rotatable bonds is 7. The predicted octanol–water partition coefficient (Wildman–Crippen LogP) is 1.87. The molecule has 0 bridgehead atoms. The van der Waals surface area contributed by atoms with E-state index in [1.165, 1.54) is 0 Å². The Morgan fingerprint density at radius 2 is 1.79 bits per heavy atom. The second kappa shape index (κ2) is 7.30. The normalized spacial score (nSPS) is 26.5. The highest BCUT2D eigenvalue weighted by atomic mass is 32.2. The summed E-state index contributed by atoms with van der Waals surface area (Å²) in [6.07, 6.45) is -1.37. The van der Waals surface area contributed by atoms with Crippen LogP contribution in [0.4, 0.5) is 0 Å². The first-order valence-corrected chi connectivity index (χ1v) is 12.8. The molecule has 0 amide bonds. The minimum atomic E-state index is -3.59. The van der Waals surface area contributed by atoms with E-state index in [2.05, 4.69) is 33.9 Å². The first-order chi connectivity index (χ1) is 10.5. The fourth-order valence-electron chi connectivity index (χ4n) is 2.11. The van der Waals surface area contributed by atoms with Crippen LogP contribution in [-0.2, 0) is 28.2 Å². The van der Waals surface area contributed by atoms with Gasteiger partial charge in [-0.25, -0.2) is 0 Å². The van der Waals surface area contributed by atoms with E-state index in [9.17, 15) is 13.5 Å². The minimum absolute atomic E-state index is 0.0256. The van der Waals surface area contributed by atoms with Gasteiger partial charge in [-0.3, -0.25) is 4.18 Å². The van der Waals surface area contributed by atoms with Crippen LogP contribution < -0.4 is 0 Å². The first kappa shape index (κ1) is 22.0. The van der Waals surface area contributed by atoms with Gasteiger partial charge >= 0.3 is 0 Å². The molecule has 1 aliphatic rings. The fourth-order valence-corrected chi connectivity index (χ4v) is 3.52. The second-order valence-corrected chi connectivity index (χ2v) is 14.7. The van der Waals surface area contributed by atoms with E-state index in [-0.39, 0.29) is 18.3 Å². The highest BCUT2D eigenvalue weighted by Crippen LogP contribution is 2.37. The Balaban J connectivity index is 2.73. The lowest BCUT2D eigenvalue weighted by Crippen LogP contribution is -2.46. The van der Waals surface area contributed by atoms with Crippen molar-refractivity contribution in [2.24, 2.45) is 0 Å². The van der Waals surface area contributed by atoms with Crippen LogP contribution in [0.3, 0.4) is 0 Å². The Morgan fingerprint density at radius 1 is 1.25 bits per heavy atom. The lowest BCUT2D eigenvalue weighted by atomic mass is 10.1. The quantitative estimate of drug-likeness (QED) is 0.529. The molecule has 0 aromatic carbocycles. The maximum absolute atomic E-state index is 11.2. The molecule has 9 heteroatoms. The molecule has 1 heterocycles. The highest BCUT2D eigenvalue weighted by molar-refractivity contribution is 7.85. The van der Waals surface area contributed by atoms with Gasteiger partial charge in [0.05, 0.1) is 19.5 Å². The lowest BCUT2D eigenvalue weighted by molar-refractivity contribution is -0.158. The third-order valence-corrected chi connectivity index (χ3v) is 9.53. The number of hydrogen-bond donors (Lipinski definition) is 1. The molecule has 0 radical (unpaired) electrons. The molecule has 0 spiro atoms. The number of ether oxygens (including phenoxy) is 2. The van der Waals surface area contributed by atoms with E-state index < -0.39 is 42.5 Å². The Morgan fingerprint density at radius 3 is 2.25 bits per heavy atom. The molecule has 7 nitrogen and oxygen atoms in total. The first-order valence-electron chi connectivity index (χ1n) is 8.06. The SMILES string of the molecule is CC1(C)O[C@H]([C@@H](O)CO[Si](C)(C)C(C)(C)C)[C@H](COS(C)(=O)=O)O1. The van der Waals surface area contributed by atoms with Crippen molar-refractivity contribution < 1.29 is 31.6 Å². The van der Waals surface area contributed by atoms with E-state index in [1.807, 2.05) is 0 Å². The van der Waals surface area contributed by atoms with Crippen LogP contribution in [-0.4, -0.2) is 65.4 Å². The van der Waals surface area contributed by atoms with E-state index >= 15 is 0 Å². The van der Waals surface area contributed by atoms with Crippen LogP contribution in [0, 0.1) is 0 Å². The summed E-state index contributed by atoms with van der Waals surface area (Å²) in [7, 11) is -5.60. The molecular weight excluding hydrogens is 352 g/mol. The van der Waals surface area contributed by atoms with Gasteiger partial charge in [0.2, 0.25) is 0 Å². The average Bonchev–Trinajstić information content (AvgIpc) is 2.67. The molecule has 1 rings (SSSR count). The molecule has 0 aliphatic carbocycles. The monoisotopic (exact) mass is 384 g/mol. The molecule has 1 N–H and O–H groups in total. The van der Waals surface area contributed by atoms with Crippen molar-refractivity contribution in [2.75, 3.05) is 19.5 Å². The maximum Gasteiger partial charge on any atom is 0.264 e. The summed E-state index contributed by atoms with van der Waals surface area (Å²) in [6, 6.07) is 0. The van der Waals surface area contributed by atoms with E-state index in [4.69, 9.17) is 18.1 Å². The van der Waals surface area contributed by atoms with Gasteiger partial charge in [0, 0.05) is 0 Å². The van der Waals surface area contributed by atoms with Crippen LogP contribution in [0.1, 0.15) is 34.6 Å². The van der Waals surface area contributed by atoms with E-state index in [0.29, 0.717) is 0 Å². The van der Waals surface area contributed by atoms with Crippen molar-refractivity contribution in [3.05, 3.63) is 0 Å². The van der Waals surface area contributed by atoms with Crippen molar-refractivity contribution in [1.29, 1.82) is 0 Å². The topological polar surface area (TPSA) is 91.3 Å². The summed E-state index contributed by atoms with van der Waals surface area (Å²) in [5.41, 5.74) is 0. The Labute approximate surface area is 146 Å². The largest absolute Gasteiger partial charge is 0.414 e. The molecule has 144 valence electrons. The molecule has 0 unspecified atom stereocenters. The van der Waals surface area contributed by atoms with Crippen LogP contribution in [0.15, 0.2) is 0 Å². The number of aliphatic hydroxyl groups is 1. The predicted molar refractivity (Wildman–Crippen MR) is 93.8 cm³/mol. The summed E-state index contributed by atoms with van der Waals surface area (Å²) in [5.74, 6) is -0.922. The molecule has 1 saturated heterocycles. The van der Waals surface area contributed by atoms with E-state index in [1.54, 1.807) is 13.8 Å². The third-order valence-electron chi connectivity index (χ3n) is 4.47. The van der Waals surface area contributed by atoms with E-state index in [0.717, 1.165) is 6.26 Å². The fraction of sp³-hybridized carbons (Fsp3) is 1.00. The summed E-state index contributed by atoms with van der Waals surface area (Å²) < 4.78 is 44.6. The molecule has 0 aromatic rings. The number of hydrogen-bond acceptors (Lipinski definition) is 7. The Kier molecular flexibility index (Phi) is 6.69. The van der Waals surface area contributed by atoms with Crippen molar-refractivity contribution in [2.45, 2.75) is 76.8 Å². The molecule has 0 saturated carbocycles. The Bertz CT molecular complexity index is 524. The van der Waals surface area contributed by atoms with Crippen LogP contribution >= 0.6 is 0 Å². The molecule has 24 heavy (non-hydrogen) atoms. The van der Waals surface area contributed by atoms with Crippen LogP contribution in [0.5, 0.6) is 0 Å². The van der Waals surface area contributed by atoms with Gasteiger partial charge in [-0.15, -0.1) is 0 Å². The molecule has 1 aliphatic heterocycles. The van der Waals surface area contributed by atoms with Gasteiger partial charge in [-0.1, -0.05) is 20.8 Å². The smallest absolute Gasteiger partial charge is 0.264 e. The summed E-state index contributed by atoms with van der Waals surface area (Å²) >= 11 is 0. The minimum Gasteiger partial charge on any atom is -0.414 e.